The van der Waals surface area contributed by atoms with Crippen molar-refractivity contribution in [1.82, 2.24) is 29.7 Å². The van der Waals surface area contributed by atoms with Gasteiger partial charge < -0.3 is 117 Å². The molecule has 0 unspecified atom stereocenters. The van der Waals surface area contributed by atoms with Crippen molar-refractivity contribution in [3.8, 4) is 34.5 Å². The number of piperazine rings is 3. The van der Waals surface area contributed by atoms with Crippen LogP contribution in [0, 0.1) is 41.5 Å². The maximum absolute atomic E-state index is 12.6. The van der Waals surface area contributed by atoms with Gasteiger partial charge >= 0.3 is 98.7 Å². The van der Waals surface area contributed by atoms with Gasteiger partial charge in [0.25, 0.3) is 0 Å². The Kier molecular flexibility index (Phi) is 52.5. The first-order valence-corrected chi connectivity index (χ1v) is 40.1. The maximum atomic E-state index is 12.6. The van der Waals surface area contributed by atoms with Crippen LogP contribution in [0.3, 0.4) is 0 Å². The number of aromatic nitrogens is 3. The van der Waals surface area contributed by atoms with Gasteiger partial charge in [0.05, 0.1) is 76.6 Å². The molecule has 129 heavy (non-hydrogen) atoms. The van der Waals surface area contributed by atoms with Crippen LogP contribution in [-0.2, 0) is 90.5 Å². The van der Waals surface area contributed by atoms with Gasteiger partial charge in [-0.05, 0) is 145 Å². The molecule has 6 heterocycles. The first kappa shape index (κ1) is 118. The smallest absolute Gasteiger partial charge is 0.412 e. The second-order valence-corrected chi connectivity index (χ2v) is 30.6. The Morgan fingerprint density at radius 3 is 0.589 bits per heavy atom. The zero-order valence-electron chi connectivity index (χ0n) is 70.1. The number of rotatable bonds is 18. The van der Waals surface area contributed by atoms with Crippen molar-refractivity contribution in [3.63, 3.8) is 0 Å². The van der Waals surface area contributed by atoms with Gasteiger partial charge in [-0.2, -0.15) is 0 Å². The average molecular weight is 2000 g/mol. The van der Waals surface area contributed by atoms with E-state index in [-0.39, 0.29) is 91.2 Å². The van der Waals surface area contributed by atoms with Crippen molar-refractivity contribution in [2.45, 2.75) is 80.8 Å². The minimum atomic E-state index is -10.7. The van der Waals surface area contributed by atoms with Crippen LogP contribution < -0.4 is 45.3 Å². The van der Waals surface area contributed by atoms with Crippen LogP contribution in [0.2, 0.25) is 0 Å². The molecule has 0 aliphatic carbocycles. The Morgan fingerprint density at radius 2 is 0.457 bits per heavy atom. The predicted octanol–water partition coefficient (Wildman–Crippen LogP) is 8.30. The SMILES string of the molecule is Cc1cc(/C=N/O)c([O-])c(CN2CC[NH+](Cc3cc(C)cc(/C=N/O)c3[O-])CC2)c1.Cc1cc(/C=N/O)c([O-])c(CN2CC[NH+](Cc3cc(C)cc(/C=N/O)c3[O-])CC2)c1.Cc1cc(/C=N/O)c([O-])c(CN2CC[NH+](Cc3cc(C)cc(/C=N/O)c3[O-])CC2)c1.F[B-](F)(F)F.F[B-](F)(F)F.F[P-](F)(F)(F)(F)F.O.[Cu+2].[Cu+2].[Cu+2].c1ccncc1.c1ccncc1.c1ccncc1. The molecule has 9 aromatic rings. The molecular formula is C81H98B2Cu3F14N15O13P. The van der Waals surface area contributed by atoms with Crippen LogP contribution >= 0.6 is 7.81 Å². The third-order valence-electron chi connectivity index (χ3n) is 18.1. The normalized spacial score (nSPS) is 14.5. The fourth-order valence-electron chi connectivity index (χ4n) is 13.0. The largest absolute Gasteiger partial charge is 2.00 e. The average Bonchev–Trinajstić information content (AvgIpc) is 0.785. The summed E-state index contributed by atoms with van der Waals surface area (Å²) >= 11 is 0. The van der Waals surface area contributed by atoms with Crippen molar-refractivity contribution < 1.29 is 193 Å². The van der Waals surface area contributed by atoms with Gasteiger partial charge in [0, 0.05) is 96.1 Å². The first-order valence-electron chi connectivity index (χ1n) is 38.1. The molecule has 6 aromatic carbocycles. The minimum Gasteiger partial charge on any atom is -0.412 e. The molecule has 0 amide bonds. The van der Waals surface area contributed by atoms with Gasteiger partial charge in [-0.3, -0.25) is 29.7 Å². The van der Waals surface area contributed by atoms with Gasteiger partial charge in [-0.15, -0.1) is 0 Å². The molecule has 48 heteroatoms. The maximum Gasteiger partial charge on any atom is 2.00 e. The number of hydrogen-bond acceptors (Lipinski definition) is 24. The molecule has 12 rings (SSSR count). The summed E-state index contributed by atoms with van der Waals surface area (Å²) in [6.07, 6.45) is 17.6. The summed E-state index contributed by atoms with van der Waals surface area (Å²) in [5.74, 6) is -0.613. The fraction of sp³-hybridized carbons (Fsp3) is 0.296. The van der Waals surface area contributed by atoms with E-state index >= 15 is 0 Å². The zero-order valence-corrected chi connectivity index (χ0v) is 73.8. The molecular weight excluding hydrogens is 1900 g/mol. The molecule has 3 aromatic heterocycles. The standard InChI is InChI=1S/3C22H28N4O4.3C5H5N.2BF4.3Cu.F6P.H2O/c3*1-15-7-17(11-23-29)21(27)19(9-15)13-25-3-5-26(6-4-25)14-20-10-16(2)8-18(12-24-30)22(20)28;3*1-2-4-6-5-3-1;2*2-1(3,4)5;;;;1-7(2,3,4,5)6;/h3*7-12,27-30H,3-6,13-14H2,1-2H3;3*1-5H;;;;;;;1H2/q;;;;;;2*-1;3*+2;-1;/p-3/b3*23-11+,24-12+;;;;;;;;;;. The molecule has 0 saturated carbocycles. The Morgan fingerprint density at radius 1 is 0.310 bits per heavy atom. The summed E-state index contributed by atoms with van der Waals surface area (Å²) in [6.45, 7) is 25.1. The summed E-state index contributed by atoms with van der Waals surface area (Å²) in [5, 5.41) is 146. The topological polar surface area (TPSA) is 427 Å². The molecule has 3 aliphatic rings. The number of halogens is 14. The van der Waals surface area contributed by atoms with Crippen LogP contribution in [0.25, 0.3) is 0 Å². The Labute approximate surface area is 767 Å². The van der Waals surface area contributed by atoms with E-state index < -0.39 is 22.3 Å². The number of benzene rings is 6. The third-order valence-corrected chi connectivity index (χ3v) is 18.1. The molecule has 0 atom stereocenters. The molecule has 3 radical (unpaired) electrons. The molecule has 0 spiro atoms. The Hall–Kier alpha value is -10.8. The van der Waals surface area contributed by atoms with E-state index in [9.17, 15) is 90.3 Å². The van der Waals surface area contributed by atoms with Crippen LogP contribution in [0.1, 0.15) is 100 Å². The van der Waals surface area contributed by atoms with Crippen LogP contribution in [0.4, 0.5) is 59.7 Å². The molecule has 3 fully saturated rings. The number of nitrogens with zero attached hydrogens (tertiary/aromatic N) is 12. The summed E-state index contributed by atoms with van der Waals surface area (Å²) in [5.41, 5.74) is 12.4. The molecule has 717 valence electrons. The number of hydrogen-bond donors (Lipinski definition) is 9. The van der Waals surface area contributed by atoms with Crippen LogP contribution in [0.5, 0.6) is 34.5 Å². The van der Waals surface area contributed by atoms with Crippen molar-refractivity contribution in [2.75, 3.05) is 78.5 Å². The first-order chi connectivity index (χ1) is 58.7. The summed E-state index contributed by atoms with van der Waals surface area (Å²) in [6, 6.07) is 38.8. The second kappa shape index (κ2) is 57.3. The summed E-state index contributed by atoms with van der Waals surface area (Å²) in [7, 11) is -22.7. The Balaban J connectivity index is 0.00000157. The van der Waals surface area contributed by atoms with Crippen molar-refractivity contribution >= 4 is 59.6 Å². The van der Waals surface area contributed by atoms with Crippen molar-refractivity contribution in [1.29, 1.82) is 0 Å². The van der Waals surface area contributed by atoms with Gasteiger partial charge in [-0.25, -0.2) is 0 Å². The Bertz CT molecular complexity index is 4190. The molecule has 11 N–H and O–H groups in total. The molecule has 28 nitrogen and oxygen atoms in total. The van der Waals surface area contributed by atoms with E-state index in [4.69, 9.17) is 31.2 Å². The van der Waals surface area contributed by atoms with Gasteiger partial charge in [-0.1, -0.05) is 190 Å². The van der Waals surface area contributed by atoms with Gasteiger partial charge in [0.15, 0.2) is 0 Å². The molecule has 3 saturated heterocycles. The third kappa shape index (κ3) is 50.7. The summed E-state index contributed by atoms with van der Waals surface area (Å²) in [4.78, 5) is 22.0. The van der Waals surface area contributed by atoms with Crippen LogP contribution in [0.15, 0.2) is 196 Å². The second-order valence-electron chi connectivity index (χ2n) is 28.7. The van der Waals surface area contributed by atoms with Gasteiger partial charge in [0.2, 0.25) is 0 Å². The van der Waals surface area contributed by atoms with Crippen molar-refractivity contribution in [2.24, 2.45) is 30.9 Å². The number of aryl methyl sites for hydroxylation is 6. The predicted molar refractivity (Wildman–Crippen MR) is 439 cm³/mol. The van der Waals surface area contributed by atoms with E-state index in [1.54, 1.807) is 73.6 Å². The van der Waals surface area contributed by atoms with E-state index in [0.29, 0.717) is 89.3 Å². The quantitative estimate of drug-likeness (QED) is 0.00973. The van der Waals surface area contributed by atoms with Crippen LogP contribution in [-0.4, -0.2) is 197 Å². The van der Waals surface area contributed by atoms with E-state index in [1.807, 2.05) is 133 Å². The zero-order chi connectivity index (χ0) is 93.2. The number of nitrogens with one attached hydrogen (secondary N) is 3. The monoisotopic (exact) mass is 2000 g/mol. The summed E-state index contributed by atoms with van der Waals surface area (Å²) < 4.78 is 137. The van der Waals surface area contributed by atoms with E-state index in [0.717, 1.165) is 129 Å². The number of oxime groups is 6. The number of quaternary nitrogens is 3. The van der Waals surface area contributed by atoms with Gasteiger partial charge in [0.1, 0.15) is 19.6 Å². The van der Waals surface area contributed by atoms with E-state index in [2.05, 4.69) is 60.6 Å². The molecule has 3 aliphatic heterocycles. The molecule has 0 bridgehead atoms. The van der Waals surface area contributed by atoms with Crippen molar-refractivity contribution in [3.05, 3.63) is 265 Å². The van der Waals surface area contributed by atoms with E-state index in [1.165, 1.54) is 52.0 Å². The fourth-order valence-corrected chi connectivity index (χ4v) is 13.0. The minimum absolute atomic E-state index is 0. The number of pyridine rings is 3.